The van der Waals surface area contributed by atoms with Gasteiger partial charge in [-0.05, 0) is 32.0 Å². The van der Waals surface area contributed by atoms with Crippen molar-refractivity contribution in [1.29, 1.82) is 0 Å². The van der Waals surface area contributed by atoms with Crippen LogP contribution in [0.4, 0.5) is 0 Å². The van der Waals surface area contributed by atoms with E-state index in [1.54, 1.807) is 4.68 Å². The molecule has 28 heavy (non-hydrogen) atoms. The Bertz CT molecular complexity index is 1170. The Labute approximate surface area is 163 Å². The van der Waals surface area contributed by atoms with Crippen LogP contribution in [0.2, 0.25) is 0 Å². The van der Waals surface area contributed by atoms with E-state index in [2.05, 4.69) is 15.0 Å². The van der Waals surface area contributed by atoms with Crippen molar-refractivity contribution in [2.24, 2.45) is 14.1 Å². The summed E-state index contributed by atoms with van der Waals surface area (Å²) in [6.45, 7) is 4.42. The van der Waals surface area contributed by atoms with Gasteiger partial charge in [0.05, 0.1) is 28.9 Å². The molecule has 1 N–H and O–H groups in total. The van der Waals surface area contributed by atoms with E-state index in [9.17, 15) is 4.79 Å². The van der Waals surface area contributed by atoms with Crippen LogP contribution in [0.25, 0.3) is 22.3 Å². The molecule has 4 aromatic rings. The van der Waals surface area contributed by atoms with E-state index in [0.29, 0.717) is 17.8 Å². The monoisotopic (exact) mass is 373 g/mol. The zero-order valence-corrected chi connectivity index (χ0v) is 16.5. The molecule has 4 rings (SSSR count). The number of hydrogen-bond acceptors (Lipinski definition) is 3. The normalized spacial score (nSPS) is 11.1. The number of aryl methyl sites for hydroxylation is 3. The topological polar surface area (TPSA) is 64.7 Å². The Morgan fingerprint density at radius 3 is 2.50 bits per heavy atom. The van der Waals surface area contributed by atoms with Crippen LogP contribution in [0, 0.1) is 13.8 Å². The lowest BCUT2D eigenvalue weighted by molar-refractivity contribution is 0.0951. The Kier molecular flexibility index (Phi) is 4.47. The van der Waals surface area contributed by atoms with E-state index in [-0.39, 0.29) is 5.91 Å². The highest BCUT2D eigenvalue weighted by Gasteiger charge is 2.19. The average Bonchev–Trinajstić information content (AvgIpc) is 3.18. The number of aromatic nitrogens is 4. The molecular formula is C22H23N5O. The fraction of sp³-hybridized carbons (Fsp3) is 0.227. The van der Waals surface area contributed by atoms with Gasteiger partial charge in [-0.15, -0.1) is 0 Å². The second-order valence-corrected chi connectivity index (χ2v) is 7.04. The molecule has 0 unspecified atom stereocenters. The second kappa shape index (κ2) is 6.96. The zero-order chi connectivity index (χ0) is 19.8. The number of carbonyl (C=O) groups excluding carboxylic acids is 1. The predicted octanol–water partition coefficient (Wildman–Crippen LogP) is 3.52. The van der Waals surface area contributed by atoms with Crippen molar-refractivity contribution < 1.29 is 4.79 Å². The van der Waals surface area contributed by atoms with Crippen molar-refractivity contribution in [3.05, 3.63) is 71.2 Å². The predicted molar refractivity (Wildman–Crippen MR) is 110 cm³/mol. The zero-order valence-electron chi connectivity index (χ0n) is 16.5. The minimum absolute atomic E-state index is 0.125. The number of hydrogen-bond donors (Lipinski definition) is 1. The van der Waals surface area contributed by atoms with E-state index in [1.807, 2.05) is 76.5 Å². The lowest BCUT2D eigenvalue weighted by Crippen LogP contribution is -2.24. The summed E-state index contributed by atoms with van der Waals surface area (Å²) in [5.41, 5.74) is 6.04. The van der Waals surface area contributed by atoms with Crippen molar-refractivity contribution in [1.82, 2.24) is 24.6 Å². The summed E-state index contributed by atoms with van der Waals surface area (Å²) in [7, 11) is 3.85. The molecule has 6 heteroatoms. The van der Waals surface area contributed by atoms with Gasteiger partial charge in [0.25, 0.3) is 5.91 Å². The molecule has 3 aromatic heterocycles. The van der Waals surface area contributed by atoms with Gasteiger partial charge in [0, 0.05) is 31.0 Å². The smallest absolute Gasteiger partial charge is 0.252 e. The van der Waals surface area contributed by atoms with Crippen LogP contribution in [0.15, 0.2) is 48.5 Å². The maximum absolute atomic E-state index is 13.1. The van der Waals surface area contributed by atoms with E-state index in [1.165, 1.54) is 0 Å². The second-order valence-electron chi connectivity index (χ2n) is 7.04. The molecule has 0 bridgehead atoms. The fourth-order valence-corrected chi connectivity index (χ4v) is 3.49. The van der Waals surface area contributed by atoms with E-state index >= 15 is 0 Å². The molecule has 0 aliphatic carbocycles. The Morgan fingerprint density at radius 1 is 1.07 bits per heavy atom. The first-order valence-electron chi connectivity index (χ1n) is 9.25. The summed E-state index contributed by atoms with van der Waals surface area (Å²) in [5.74, 6) is -0.125. The summed E-state index contributed by atoms with van der Waals surface area (Å²) in [6, 6.07) is 15.8. The molecule has 0 spiro atoms. The Morgan fingerprint density at radius 2 is 1.82 bits per heavy atom. The molecular weight excluding hydrogens is 350 g/mol. The molecule has 0 atom stereocenters. The molecule has 6 nitrogen and oxygen atoms in total. The molecule has 0 aliphatic rings. The van der Waals surface area contributed by atoms with E-state index < -0.39 is 0 Å². The number of nitrogens with one attached hydrogen (secondary N) is 1. The molecule has 1 amide bonds. The van der Waals surface area contributed by atoms with Gasteiger partial charge in [-0.1, -0.05) is 30.3 Å². The summed E-state index contributed by atoms with van der Waals surface area (Å²) in [4.78, 5) is 17.9. The SMILES string of the molecule is Cc1nn(C)c2nc(-c3ccccc3)cc(C(=O)NCc3ccc(C)n3C)c12. The van der Waals surface area contributed by atoms with Crippen LogP contribution < -0.4 is 5.32 Å². The van der Waals surface area contributed by atoms with Crippen molar-refractivity contribution in [2.75, 3.05) is 0 Å². The number of fused-ring (bicyclic) bond motifs is 1. The number of carbonyl (C=O) groups is 1. The Balaban J connectivity index is 1.76. The first-order valence-corrected chi connectivity index (χ1v) is 9.25. The third-order valence-electron chi connectivity index (χ3n) is 5.19. The third-order valence-corrected chi connectivity index (χ3v) is 5.19. The van der Waals surface area contributed by atoms with E-state index in [4.69, 9.17) is 4.98 Å². The maximum Gasteiger partial charge on any atom is 0.252 e. The maximum atomic E-state index is 13.1. The molecule has 142 valence electrons. The lowest BCUT2D eigenvalue weighted by atomic mass is 10.0. The number of amides is 1. The van der Waals surface area contributed by atoms with Gasteiger partial charge in [0.2, 0.25) is 0 Å². The van der Waals surface area contributed by atoms with Crippen LogP contribution in [0.5, 0.6) is 0 Å². The average molecular weight is 373 g/mol. The van der Waals surface area contributed by atoms with Crippen molar-refractivity contribution in [2.45, 2.75) is 20.4 Å². The van der Waals surface area contributed by atoms with Crippen LogP contribution in [0.3, 0.4) is 0 Å². The fourth-order valence-electron chi connectivity index (χ4n) is 3.49. The number of nitrogens with zero attached hydrogens (tertiary/aromatic N) is 4. The van der Waals surface area contributed by atoms with Crippen molar-refractivity contribution in [3.63, 3.8) is 0 Å². The summed E-state index contributed by atoms with van der Waals surface area (Å²) in [6.07, 6.45) is 0. The summed E-state index contributed by atoms with van der Waals surface area (Å²) in [5, 5.41) is 8.32. The third kappa shape index (κ3) is 3.07. The first kappa shape index (κ1) is 18.0. The minimum atomic E-state index is -0.125. The van der Waals surface area contributed by atoms with Crippen molar-refractivity contribution in [3.8, 4) is 11.3 Å². The number of pyridine rings is 1. The highest BCUT2D eigenvalue weighted by atomic mass is 16.1. The highest BCUT2D eigenvalue weighted by Crippen LogP contribution is 2.26. The van der Waals surface area contributed by atoms with Gasteiger partial charge >= 0.3 is 0 Å². The van der Waals surface area contributed by atoms with Crippen LogP contribution in [0.1, 0.15) is 27.4 Å². The molecule has 0 fully saturated rings. The first-order chi connectivity index (χ1) is 13.5. The van der Waals surface area contributed by atoms with Crippen molar-refractivity contribution >= 4 is 16.9 Å². The van der Waals surface area contributed by atoms with Crippen LogP contribution in [-0.2, 0) is 20.6 Å². The summed E-state index contributed by atoms with van der Waals surface area (Å²) >= 11 is 0. The van der Waals surface area contributed by atoms with Crippen LogP contribution >= 0.6 is 0 Å². The summed E-state index contributed by atoms with van der Waals surface area (Å²) < 4.78 is 3.81. The minimum Gasteiger partial charge on any atom is -0.350 e. The standard InChI is InChI=1S/C22H23N5O/c1-14-10-11-17(26(14)3)13-23-22(28)18-12-19(16-8-6-5-7-9-16)24-21-20(18)15(2)25-27(21)4/h5-12H,13H2,1-4H3,(H,23,28). The number of benzene rings is 1. The highest BCUT2D eigenvalue weighted by molar-refractivity contribution is 6.07. The largest absolute Gasteiger partial charge is 0.350 e. The van der Waals surface area contributed by atoms with Crippen LogP contribution in [-0.4, -0.2) is 25.2 Å². The number of rotatable bonds is 4. The van der Waals surface area contributed by atoms with Gasteiger partial charge in [0.15, 0.2) is 5.65 Å². The van der Waals surface area contributed by atoms with Gasteiger partial charge in [-0.3, -0.25) is 9.48 Å². The van der Waals surface area contributed by atoms with Gasteiger partial charge in [-0.2, -0.15) is 5.10 Å². The molecule has 0 saturated carbocycles. The van der Waals surface area contributed by atoms with Gasteiger partial charge in [0.1, 0.15) is 0 Å². The van der Waals surface area contributed by atoms with Gasteiger partial charge < -0.3 is 9.88 Å². The van der Waals surface area contributed by atoms with E-state index in [0.717, 1.165) is 33.7 Å². The molecule has 0 aliphatic heterocycles. The molecule has 0 saturated heterocycles. The van der Waals surface area contributed by atoms with Gasteiger partial charge in [-0.25, -0.2) is 4.98 Å². The molecule has 1 aromatic carbocycles. The molecule has 3 heterocycles. The quantitative estimate of drug-likeness (QED) is 0.595. The lowest BCUT2D eigenvalue weighted by Gasteiger charge is -2.10. The Hall–Kier alpha value is -3.41. The molecule has 0 radical (unpaired) electrons.